The summed E-state index contributed by atoms with van der Waals surface area (Å²) >= 11 is 0. The summed E-state index contributed by atoms with van der Waals surface area (Å²) in [7, 11) is 2.18. The second kappa shape index (κ2) is 4.73. The van der Waals surface area contributed by atoms with Gasteiger partial charge in [0.1, 0.15) is 0 Å². The fraction of sp³-hybridized carbons (Fsp3) is 0.533. The molecule has 0 amide bonds. The predicted molar refractivity (Wildman–Crippen MR) is 75.4 cm³/mol. The maximum atomic E-state index is 11.3. The minimum Gasteiger partial charge on any atom is -0.368 e. The smallest absolute Gasteiger partial charge is 0.159 e. The summed E-state index contributed by atoms with van der Waals surface area (Å²) in [5.41, 5.74) is 2.19. The molecule has 98 valence electrons. The molecule has 0 unspecified atom stereocenters. The van der Waals surface area contributed by atoms with Gasteiger partial charge in [0.25, 0.3) is 0 Å². The molecule has 0 bridgehead atoms. The second-order valence-corrected chi connectivity index (χ2v) is 5.76. The highest BCUT2D eigenvalue weighted by molar-refractivity contribution is 5.94. The molecule has 2 rings (SSSR count). The molecule has 0 atom stereocenters. The van der Waals surface area contributed by atoms with Crippen molar-refractivity contribution in [2.45, 2.75) is 26.3 Å². The van der Waals surface area contributed by atoms with E-state index in [1.165, 1.54) is 5.69 Å². The Hall–Kier alpha value is -1.35. The van der Waals surface area contributed by atoms with Crippen LogP contribution < -0.4 is 4.90 Å². The minimum absolute atomic E-state index is 0.125. The molecular weight excluding hydrogens is 224 g/mol. The first-order chi connectivity index (χ1) is 8.40. The summed E-state index contributed by atoms with van der Waals surface area (Å²) in [4.78, 5) is 16.0. The van der Waals surface area contributed by atoms with Gasteiger partial charge in [-0.3, -0.25) is 9.69 Å². The lowest BCUT2D eigenvalue weighted by Gasteiger charge is -2.46. The van der Waals surface area contributed by atoms with E-state index in [2.05, 4.69) is 42.8 Å². The van der Waals surface area contributed by atoms with Gasteiger partial charge in [-0.15, -0.1) is 0 Å². The van der Waals surface area contributed by atoms with E-state index in [1.807, 2.05) is 12.1 Å². The first kappa shape index (κ1) is 13.1. The van der Waals surface area contributed by atoms with Gasteiger partial charge < -0.3 is 4.90 Å². The molecule has 1 saturated heterocycles. The van der Waals surface area contributed by atoms with E-state index in [-0.39, 0.29) is 11.3 Å². The lowest BCUT2D eigenvalue weighted by Crippen LogP contribution is -2.57. The van der Waals surface area contributed by atoms with Gasteiger partial charge in [-0.2, -0.15) is 0 Å². The quantitative estimate of drug-likeness (QED) is 0.749. The van der Waals surface area contributed by atoms with Crippen LogP contribution in [0.15, 0.2) is 24.3 Å². The highest BCUT2D eigenvalue weighted by Gasteiger charge is 2.30. The number of ketones is 1. The Labute approximate surface area is 109 Å². The number of hydrogen-bond acceptors (Lipinski definition) is 3. The van der Waals surface area contributed by atoms with Crippen LogP contribution in [0, 0.1) is 0 Å². The molecular formula is C15H22N2O. The van der Waals surface area contributed by atoms with Gasteiger partial charge in [0.15, 0.2) is 5.78 Å². The van der Waals surface area contributed by atoms with Crippen LogP contribution in [0.2, 0.25) is 0 Å². The highest BCUT2D eigenvalue weighted by Crippen LogP contribution is 2.24. The number of nitrogens with zero attached hydrogens (tertiary/aromatic N) is 2. The Kier molecular flexibility index (Phi) is 3.44. The number of piperazine rings is 1. The molecule has 0 aromatic heterocycles. The highest BCUT2D eigenvalue weighted by atomic mass is 16.1. The number of likely N-dealkylation sites (N-methyl/N-ethyl adjacent to an activating group) is 1. The maximum absolute atomic E-state index is 11.3. The first-order valence-corrected chi connectivity index (χ1v) is 6.47. The first-order valence-electron chi connectivity index (χ1n) is 6.47. The largest absolute Gasteiger partial charge is 0.368 e. The van der Waals surface area contributed by atoms with Gasteiger partial charge >= 0.3 is 0 Å². The van der Waals surface area contributed by atoms with E-state index in [1.54, 1.807) is 6.92 Å². The summed E-state index contributed by atoms with van der Waals surface area (Å²) in [5.74, 6) is 0.125. The third kappa shape index (κ3) is 2.56. The van der Waals surface area contributed by atoms with Crippen molar-refractivity contribution in [1.29, 1.82) is 0 Å². The molecule has 1 aromatic carbocycles. The summed E-state index contributed by atoms with van der Waals surface area (Å²) < 4.78 is 0. The molecule has 1 aliphatic rings. The Morgan fingerprint density at radius 3 is 2.28 bits per heavy atom. The van der Waals surface area contributed by atoms with Gasteiger partial charge in [0.2, 0.25) is 0 Å². The standard InChI is InChI=1S/C15H22N2O/c1-12(18)13-5-7-14(8-6-13)17-10-9-16(4)15(2,3)11-17/h5-8H,9-11H2,1-4H3. The van der Waals surface area contributed by atoms with Crippen molar-refractivity contribution in [2.24, 2.45) is 0 Å². The fourth-order valence-corrected chi connectivity index (χ4v) is 2.37. The Morgan fingerprint density at radius 2 is 1.78 bits per heavy atom. The van der Waals surface area contributed by atoms with E-state index in [0.29, 0.717) is 0 Å². The lowest BCUT2D eigenvalue weighted by molar-refractivity contribution is 0.101. The topological polar surface area (TPSA) is 23.6 Å². The molecule has 3 nitrogen and oxygen atoms in total. The summed E-state index contributed by atoms with van der Waals surface area (Å²) in [6, 6.07) is 7.95. The molecule has 0 spiro atoms. The SMILES string of the molecule is CC(=O)c1ccc(N2CCN(C)C(C)(C)C2)cc1. The third-order valence-electron chi connectivity index (χ3n) is 3.96. The molecule has 1 heterocycles. The van der Waals surface area contributed by atoms with Gasteiger partial charge in [0.05, 0.1) is 0 Å². The average Bonchev–Trinajstić information content (AvgIpc) is 2.33. The van der Waals surface area contributed by atoms with E-state index >= 15 is 0 Å². The number of benzene rings is 1. The molecule has 0 radical (unpaired) electrons. The van der Waals surface area contributed by atoms with Crippen LogP contribution in [-0.2, 0) is 0 Å². The Bertz CT molecular complexity index is 436. The Morgan fingerprint density at radius 1 is 1.17 bits per heavy atom. The Balaban J connectivity index is 2.15. The monoisotopic (exact) mass is 246 g/mol. The minimum atomic E-state index is 0.125. The summed E-state index contributed by atoms with van der Waals surface area (Å²) in [5, 5.41) is 0. The van der Waals surface area contributed by atoms with E-state index in [4.69, 9.17) is 0 Å². The summed E-state index contributed by atoms with van der Waals surface area (Å²) in [6.45, 7) is 9.27. The summed E-state index contributed by atoms with van der Waals surface area (Å²) in [6.07, 6.45) is 0. The molecule has 18 heavy (non-hydrogen) atoms. The van der Waals surface area contributed by atoms with Crippen molar-refractivity contribution in [2.75, 3.05) is 31.6 Å². The molecule has 0 aliphatic carbocycles. The lowest BCUT2D eigenvalue weighted by atomic mass is 9.99. The van der Waals surface area contributed by atoms with Crippen LogP contribution in [0.4, 0.5) is 5.69 Å². The van der Waals surface area contributed by atoms with Crippen LogP contribution in [0.25, 0.3) is 0 Å². The second-order valence-electron chi connectivity index (χ2n) is 5.76. The number of Topliss-reactive ketones (excluding diaryl/α,β-unsaturated/α-hetero) is 1. The zero-order valence-electron chi connectivity index (χ0n) is 11.7. The van der Waals surface area contributed by atoms with E-state index in [0.717, 1.165) is 25.2 Å². The number of carbonyl (C=O) groups excluding carboxylic acids is 1. The number of hydrogen-bond donors (Lipinski definition) is 0. The number of carbonyl (C=O) groups is 1. The van der Waals surface area contributed by atoms with Crippen LogP contribution >= 0.6 is 0 Å². The normalized spacial score (nSPS) is 19.9. The molecule has 1 aliphatic heterocycles. The van der Waals surface area contributed by atoms with Gasteiger partial charge in [-0.25, -0.2) is 0 Å². The van der Waals surface area contributed by atoms with Crippen molar-refractivity contribution < 1.29 is 4.79 Å². The maximum Gasteiger partial charge on any atom is 0.159 e. The number of rotatable bonds is 2. The van der Waals surface area contributed by atoms with Crippen LogP contribution in [0.5, 0.6) is 0 Å². The van der Waals surface area contributed by atoms with Crippen molar-refractivity contribution in [3.05, 3.63) is 29.8 Å². The van der Waals surface area contributed by atoms with Gasteiger partial charge in [-0.1, -0.05) is 0 Å². The molecule has 3 heteroatoms. The van der Waals surface area contributed by atoms with Crippen LogP contribution in [-0.4, -0.2) is 42.9 Å². The van der Waals surface area contributed by atoms with Crippen molar-refractivity contribution in [3.8, 4) is 0 Å². The zero-order valence-corrected chi connectivity index (χ0v) is 11.7. The third-order valence-corrected chi connectivity index (χ3v) is 3.96. The van der Waals surface area contributed by atoms with Crippen LogP contribution in [0.1, 0.15) is 31.1 Å². The average molecular weight is 246 g/mol. The van der Waals surface area contributed by atoms with Crippen molar-refractivity contribution >= 4 is 11.5 Å². The van der Waals surface area contributed by atoms with E-state index < -0.39 is 0 Å². The molecule has 0 saturated carbocycles. The van der Waals surface area contributed by atoms with Gasteiger partial charge in [0, 0.05) is 36.4 Å². The van der Waals surface area contributed by atoms with Crippen molar-refractivity contribution in [3.63, 3.8) is 0 Å². The predicted octanol–water partition coefficient (Wildman–Crippen LogP) is 2.42. The van der Waals surface area contributed by atoms with Crippen molar-refractivity contribution in [1.82, 2.24) is 4.90 Å². The van der Waals surface area contributed by atoms with E-state index in [9.17, 15) is 4.79 Å². The van der Waals surface area contributed by atoms with Crippen LogP contribution in [0.3, 0.4) is 0 Å². The molecule has 1 fully saturated rings. The number of anilines is 1. The fourth-order valence-electron chi connectivity index (χ4n) is 2.37. The zero-order chi connectivity index (χ0) is 13.3. The molecule has 1 aromatic rings. The van der Waals surface area contributed by atoms with Gasteiger partial charge in [-0.05, 0) is 52.1 Å². The molecule has 0 N–H and O–H groups in total.